The Morgan fingerprint density at radius 1 is 1.20 bits per heavy atom. The summed E-state index contributed by atoms with van der Waals surface area (Å²) in [4.78, 5) is 0. The van der Waals surface area contributed by atoms with Crippen molar-refractivity contribution in [1.82, 2.24) is 0 Å². The Labute approximate surface area is 148 Å². The first-order chi connectivity index (χ1) is 11.8. The Kier molecular flexibility index (Phi) is 3.13. The molecule has 4 saturated carbocycles. The molecule has 2 aliphatic heterocycles. The normalized spacial score (nSPS) is 62.6. The molecule has 2 heterocycles. The second-order valence-electron chi connectivity index (χ2n) is 9.82. The highest BCUT2D eigenvalue weighted by Crippen LogP contribution is 2.77. The third kappa shape index (κ3) is 1.53. The van der Waals surface area contributed by atoms with E-state index in [4.69, 9.17) is 4.74 Å². The van der Waals surface area contributed by atoms with Gasteiger partial charge in [0.05, 0.1) is 24.2 Å². The lowest BCUT2D eigenvalue weighted by Crippen LogP contribution is -2.79. The van der Waals surface area contributed by atoms with Crippen LogP contribution in [0.4, 0.5) is 0 Å². The summed E-state index contributed by atoms with van der Waals surface area (Å²) in [6.07, 6.45) is 3.28. The van der Waals surface area contributed by atoms with Crippen molar-refractivity contribution in [2.45, 2.75) is 63.4 Å². The molecule has 4 bridgehead atoms. The minimum atomic E-state index is -1.55. The molecule has 0 radical (unpaired) electrons. The predicted molar refractivity (Wildman–Crippen MR) is 90.3 cm³/mol. The van der Waals surface area contributed by atoms with Gasteiger partial charge >= 0.3 is 0 Å². The molecule has 0 aromatic carbocycles. The molecule has 2 saturated heterocycles. The van der Waals surface area contributed by atoms with E-state index in [0.29, 0.717) is 18.6 Å². The summed E-state index contributed by atoms with van der Waals surface area (Å²) in [5.41, 5.74) is -0.819. The zero-order valence-electron chi connectivity index (χ0n) is 14.9. The van der Waals surface area contributed by atoms with Crippen LogP contribution in [0, 0.1) is 34.0 Å². The average molecular weight is 350 g/mol. The topological polar surface area (TPSA) is 90.2 Å². The first kappa shape index (κ1) is 16.7. The molecule has 6 rings (SSSR count). The van der Waals surface area contributed by atoms with Crippen molar-refractivity contribution < 1.29 is 25.2 Å². The maximum Gasteiger partial charge on any atom is 0.177 e. The van der Waals surface area contributed by atoms with Crippen molar-refractivity contribution in [2.75, 3.05) is 13.2 Å². The number of fused-ring (bicyclic) bond motifs is 2. The van der Waals surface area contributed by atoms with E-state index >= 15 is 0 Å². The molecule has 6 aliphatic rings. The van der Waals surface area contributed by atoms with E-state index in [-0.39, 0.29) is 35.2 Å². The number of hydrogen-bond acceptors (Lipinski definition) is 5. The summed E-state index contributed by atoms with van der Waals surface area (Å²) in [5, 5.41) is 44.1. The number of aliphatic hydroxyl groups is 4. The molecule has 5 nitrogen and oxygen atoms in total. The highest BCUT2D eigenvalue weighted by atomic mass is 16.6. The van der Waals surface area contributed by atoms with Crippen LogP contribution in [0.3, 0.4) is 0 Å². The van der Waals surface area contributed by atoms with Crippen LogP contribution in [-0.2, 0) is 4.74 Å². The Morgan fingerprint density at radius 2 is 1.96 bits per heavy atom. The van der Waals surface area contributed by atoms with E-state index < -0.39 is 23.4 Å². The van der Waals surface area contributed by atoms with Crippen LogP contribution in [0.25, 0.3) is 0 Å². The standard InChI is InChI=1S/C20H30O5/c1-11-12-4-5-13-18-7-3-6-17(2,9-21)14(18)8-19(24,25-10-18)20(13,15(11)22)16(12)23/h12-16,21-24H,1,3-10H2,2H3/t12-,13-,14+,15+,16+,17+,18+,19+,20-/m0/s1. The van der Waals surface area contributed by atoms with Gasteiger partial charge in [-0.15, -0.1) is 0 Å². The van der Waals surface area contributed by atoms with Crippen LogP contribution in [0.5, 0.6) is 0 Å². The second-order valence-corrected chi connectivity index (χ2v) is 9.82. The number of ether oxygens (including phenoxy) is 1. The van der Waals surface area contributed by atoms with Gasteiger partial charge in [-0.05, 0) is 48.5 Å². The highest BCUT2D eigenvalue weighted by Gasteiger charge is 2.82. The smallest absolute Gasteiger partial charge is 0.177 e. The number of hydrogen-bond donors (Lipinski definition) is 4. The van der Waals surface area contributed by atoms with E-state index in [9.17, 15) is 20.4 Å². The molecule has 0 aromatic heterocycles. The van der Waals surface area contributed by atoms with Gasteiger partial charge in [-0.25, -0.2) is 0 Å². The van der Waals surface area contributed by atoms with Gasteiger partial charge in [0.25, 0.3) is 0 Å². The molecule has 0 aromatic rings. The molecule has 9 atom stereocenters. The van der Waals surface area contributed by atoms with Crippen molar-refractivity contribution in [1.29, 1.82) is 0 Å². The maximum absolute atomic E-state index is 11.6. The molecule has 0 unspecified atom stereocenters. The summed E-state index contributed by atoms with van der Waals surface area (Å²) in [6, 6.07) is 0. The second kappa shape index (κ2) is 4.68. The summed E-state index contributed by atoms with van der Waals surface area (Å²) in [5.74, 6) is -1.54. The van der Waals surface area contributed by atoms with E-state index in [1.54, 1.807) is 0 Å². The summed E-state index contributed by atoms with van der Waals surface area (Å²) < 4.78 is 6.05. The summed E-state index contributed by atoms with van der Waals surface area (Å²) in [6.45, 7) is 6.76. The molecule has 4 aliphatic carbocycles. The number of rotatable bonds is 1. The molecule has 25 heavy (non-hydrogen) atoms. The van der Waals surface area contributed by atoms with Gasteiger partial charge in [0, 0.05) is 24.4 Å². The fourth-order valence-electron chi connectivity index (χ4n) is 8.10. The Hall–Kier alpha value is -0.460. The van der Waals surface area contributed by atoms with Gasteiger partial charge in [0.1, 0.15) is 0 Å². The Bertz CT molecular complexity index is 636. The SMILES string of the molecule is C=C1[C@@H](O)[C@]23[C@H](O)[C@H]1CC[C@H]2[C@]12CCC[C@](C)(CO)[C@H]1C[C@@]3(O)OC2. The quantitative estimate of drug-likeness (QED) is 0.534. The zero-order chi connectivity index (χ0) is 17.8. The molecule has 0 amide bonds. The largest absolute Gasteiger partial charge is 0.396 e. The van der Waals surface area contributed by atoms with Gasteiger partial charge in [0.15, 0.2) is 5.79 Å². The van der Waals surface area contributed by atoms with E-state index in [1.165, 1.54) is 0 Å². The molecule has 140 valence electrons. The van der Waals surface area contributed by atoms with Gasteiger partial charge in [0.2, 0.25) is 0 Å². The first-order valence-electron chi connectivity index (χ1n) is 9.79. The highest BCUT2D eigenvalue weighted by molar-refractivity contribution is 5.35. The van der Waals surface area contributed by atoms with Crippen LogP contribution in [0.1, 0.15) is 45.4 Å². The van der Waals surface area contributed by atoms with Gasteiger partial charge in [-0.1, -0.05) is 19.9 Å². The summed E-state index contributed by atoms with van der Waals surface area (Å²) in [7, 11) is 0. The Morgan fingerprint density at radius 3 is 2.68 bits per heavy atom. The van der Waals surface area contributed by atoms with E-state index in [0.717, 1.165) is 32.1 Å². The fourth-order valence-corrected chi connectivity index (χ4v) is 8.10. The fraction of sp³-hybridized carbons (Fsp3) is 0.900. The Balaban J connectivity index is 1.72. The molecule has 4 N–H and O–H groups in total. The number of aliphatic hydroxyl groups excluding tert-OH is 3. The molecule has 5 heteroatoms. The van der Waals surface area contributed by atoms with Gasteiger partial charge in [-0.2, -0.15) is 0 Å². The molecule has 2 spiro atoms. The van der Waals surface area contributed by atoms with Crippen LogP contribution in [0.15, 0.2) is 12.2 Å². The first-order valence-corrected chi connectivity index (χ1v) is 9.79. The monoisotopic (exact) mass is 350 g/mol. The lowest BCUT2D eigenvalue weighted by molar-refractivity contribution is -0.438. The third-order valence-corrected chi connectivity index (χ3v) is 9.21. The predicted octanol–water partition coefficient (Wildman–Crippen LogP) is 1.20. The van der Waals surface area contributed by atoms with Crippen molar-refractivity contribution in [3.8, 4) is 0 Å². The molecular weight excluding hydrogens is 320 g/mol. The van der Waals surface area contributed by atoms with Crippen molar-refractivity contribution in [3.05, 3.63) is 12.2 Å². The van der Waals surface area contributed by atoms with Gasteiger partial charge in [-0.3, -0.25) is 0 Å². The van der Waals surface area contributed by atoms with Crippen LogP contribution in [-0.4, -0.2) is 51.6 Å². The van der Waals surface area contributed by atoms with Crippen LogP contribution < -0.4 is 0 Å². The maximum atomic E-state index is 11.6. The minimum absolute atomic E-state index is 0.00387. The van der Waals surface area contributed by atoms with Crippen molar-refractivity contribution in [2.24, 2.45) is 34.0 Å². The van der Waals surface area contributed by atoms with Crippen LogP contribution in [0.2, 0.25) is 0 Å². The average Bonchev–Trinajstić information content (AvgIpc) is 2.71. The lowest BCUT2D eigenvalue weighted by atomic mass is 9.37. The minimum Gasteiger partial charge on any atom is -0.396 e. The van der Waals surface area contributed by atoms with Crippen LogP contribution >= 0.6 is 0 Å². The van der Waals surface area contributed by atoms with E-state index in [2.05, 4.69) is 13.5 Å². The zero-order valence-corrected chi connectivity index (χ0v) is 14.9. The summed E-state index contributed by atoms with van der Waals surface area (Å²) >= 11 is 0. The third-order valence-electron chi connectivity index (χ3n) is 9.21. The van der Waals surface area contributed by atoms with E-state index in [1.807, 2.05) is 0 Å². The van der Waals surface area contributed by atoms with Crippen molar-refractivity contribution >= 4 is 0 Å². The van der Waals surface area contributed by atoms with Crippen molar-refractivity contribution in [3.63, 3.8) is 0 Å². The molecule has 6 fully saturated rings. The van der Waals surface area contributed by atoms with Gasteiger partial charge < -0.3 is 25.2 Å². The molecular formula is C20H30O5. The lowest BCUT2D eigenvalue weighted by Gasteiger charge is -2.73.